The maximum absolute atomic E-state index is 8.98. The van der Waals surface area contributed by atoms with Crippen LogP contribution in [0.3, 0.4) is 0 Å². The fourth-order valence-corrected chi connectivity index (χ4v) is 1.88. The van der Waals surface area contributed by atoms with Crippen molar-refractivity contribution < 1.29 is 9.52 Å². The third-order valence-electron chi connectivity index (χ3n) is 2.57. The van der Waals surface area contributed by atoms with Crippen LogP contribution in [0.4, 0.5) is 0 Å². The normalized spacial score (nSPS) is 22.3. The van der Waals surface area contributed by atoms with Gasteiger partial charge in [0.2, 0.25) is 0 Å². The molecule has 0 aromatic carbocycles. The number of aryl methyl sites for hydroxylation is 2. The van der Waals surface area contributed by atoms with Crippen LogP contribution in [0.1, 0.15) is 23.5 Å². The van der Waals surface area contributed by atoms with E-state index < -0.39 is 0 Å². The van der Waals surface area contributed by atoms with E-state index in [0.717, 1.165) is 30.8 Å². The van der Waals surface area contributed by atoms with Crippen molar-refractivity contribution in [2.24, 2.45) is 5.92 Å². The number of fused-ring (bicyclic) bond motifs is 1. The monoisotopic (exact) mass is 166 g/mol. The Balaban J connectivity index is 2.22. The predicted octanol–water partition coefficient (Wildman–Crippen LogP) is 1.69. The van der Waals surface area contributed by atoms with Gasteiger partial charge in [-0.15, -0.1) is 0 Å². The van der Waals surface area contributed by atoms with Crippen LogP contribution in [-0.4, -0.2) is 11.7 Å². The van der Waals surface area contributed by atoms with Gasteiger partial charge in [-0.3, -0.25) is 0 Å². The third kappa shape index (κ3) is 1.27. The van der Waals surface area contributed by atoms with Crippen molar-refractivity contribution in [1.29, 1.82) is 0 Å². The van der Waals surface area contributed by atoms with Gasteiger partial charge in [0, 0.05) is 13.0 Å². The molecular formula is C10H14O2. The molecule has 1 atom stereocenters. The van der Waals surface area contributed by atoms with E-state index >= 15 is 0 Å². The summed E-state index contributed by atoms with van der Waals surface area (Å²) in [6, 6.07) is 2.11. The molecule has 0 aliphatic heterocycles. The van der Waals surface area contributed by atoms with Crippen LogP contribution in [0.2, 0.25) is 0 Å². The Morgan fingerprint density at radius 2 is 2.50 bits per heavy atom. The number of rotatable bonds is 1. The fraction of sp³-hybridized carbons (Fsp3) is 0.600. The molecule has 1 heterocycles. The first-order chi connectivity index (χ1) is 5.79. The van der Waals surface area contributed by atoms with Gasteiger partial charge < -0.3 is 9.52 Å². The van der Waals surface area contributed by atoms with Crippen molar-refractivity contribution in [3.63, 3.8) is 0 Å². The highest BCUT2D eigenvalue weighted by atomic mass is 16.3. The number of furan rings is 1. The molecule has 0 spiro atoms. The van der Waals surface area contributed by atoms with Crippen LogP contribution < -0.4 is 0 Å². The molecule has 1 aliphatic rings. The van der Waals surface area contributed by atoms with Crippen molar-refractivity contribution in [1.82, 2.24) is 0 Å². The van der Waals surface area contributed by atoms with E-state index in [4.69, 9.17) is 9.52 Å². The first-order valence-electron chi connectivity index (χ1n) is 4.48. The maximum Gasteiger partial charge on any atom is 0.107 e. The molecule has 2 nitrogen and oxygen atoms in total. The van der Waals surface area contributed by atoms with Gasteiger partial charge in [-0.25, -0.2) is 0 Å². The van der Waals surface area contributed by atoms with Crippen molar-refractivity contribution in [2.75, 3.05) is 6.61 Å². The summed E-state index contributed by atoms with van der Waals surface area (Å²) in [4.78, 5) is 0. The number of hydrogen-bond acceptors (Lipinski definition) is 2. The summed E-state index contributed by atoms with van der Waals surface area (Å²) >= 11 is 0. The Kier molecular flexibility index (Phi) is 1.93. The molecule has 1 aliphatic carbocycles. The Hall–Kier alpha value is -0.760. The summed E-state index contributed by atoms with van der Waals surface area (Å²) in [5, 5.41) is 8.98. The smallest absolute Gasteiger partial charge is 0.107 e. The molecule has 1 N–H and O–H groups in total. The summed E-state index contributed by atoms with van der Waals surface area (Å²) in [5.41, 5.74) is 1.34. The molecular weight excluding hydrogens is 152 g/mol. The number of aliphatic hydroxyl groups is 1. The largest absolute Gasteiger partial charge is 0.466 e. The first kappa shape index (κ1) is 7.87. The zero-order chi connectivity index (χ0) is 8.55. The van der Waals surface area contributed by atoms with Crippen LogP contribution in [0, 0.1) is 12.8 Å². The minimum Gasteiger partial charge on any atom is -0.466 e. The Bertz CT molecular complexity index is 275. The quantitative estimate of drug-likeness (QED) is 0.688. The van der Waals surface area contributed by atoms with E-state index in [1.807, 2.05) is 6.92 Å². The summed E-state index contributed by atoms with van der Waals surface area (Å²) in [6.45, 7) is 2.27. The molecule has 0 fully saturated rings. The minimum atomic E-state index is 0.291. The van der Waals surface area contributed by atoms with E-state index in [-0.39, 0.29) is 0 Å². The van der Waals surface area contributed by atoms with Gasteiger partial charge in [-0.2, -0.15) is 0 Å². The average molecular weight is 166 g/mol. The van der Waals surface area contributed by atoms with Gasteiger partial charge in [-0.05, 0) is 37.3 Å². The number of aliphatic hydroxyl groups excluding tert-OH is 1. The second-order valence-electron chi connectivity index (χ2n) is 3.60. The third-order valence-corrected chi connectivity index (χ3v) is 2.57. The highest BCUT2D eigenvalue weighted by molar-refractivity contribution is 5.24. The summed E-state index contributed by atoms with van der Waals surface area (Å²) in [7, 11) is 0. The summed E-state index contributed by atoms with van der Waals surface area (Å²) in [6.07, 6.45) is 3.08. The van der Waals surface area contributed by atoms with Gasteiger partial charge in [0.25, 0.3) is 0 Å². The molecule has 2 rings (SSSR count). The van der Waals surface area contributed by atoms with E-state index in [2.05, 4.69) is 6.07 Å². The fourth-order valence-electron chi connectivity index (χ4n) is 1.88. The van der Waals surface area contributed by atoms with Crippen molar-refractivity contribution in [2.45, 2.75) is 26.2 Å². The lowest BCUT2D eigenvalue weighted by atomic mass is 9.89. The van der Waals surface area contributed by atoms with E-state index in [1.165, 1.54) is 5.56 Å². The van der Waals surface area contributed by atoms with Gasteiger partial charge in [-0.1, -0.05) is 0 Å². The molecule has 1 unspecified atom stereocenters. The molecule has 0 amide bonds. The molecule has 2 heteroatoms. The molecule has 12 heavy (non-hydrogen) atoms. The van der Waals surface area contributed by atoms with E-state index in [0.29, 0.717) is 12.5 Å². The van der Waals surface area contributed by atoms with Gasteiger partial charge in [0.1, 0.15) is 11.5 Å². The summed E-state index contributed by atoms with van der Waals surface area (Å²) in [5.74, 6) is 2.51. The zero-order valence-corrected chi connectivity index (χ0v) is 7.34. The summed E-state index contributed by atoms with van der Waals surface area (Å²) < 4.78 is 5.53. The molecule has 0 saturated heterocycles. The molecule has 0 bridgehead atoms. The van der Waals surface area contributed by atoms with Crippen LogP contribution in [0.25, 0.3) is 0 Å². The molecule has 66 valence electrons. The predicted molar refractivity (Wildman–Crippen MR) is 46.0 cm³/mol. The highest BCUT2D eigenvalue weighted by Gasteiger charge is 2.20. The zero-order valence-electron chi connectivity index (χ0n) is 7.34. The second kappa shape index (κ2) is 2.94. The van der Waals surface area contributed by atoms with Crippen LogP contribution in [0.5, 0.6) is 0 Å². The Labute approximate surface area is 72.2 Å². The first-order valence-corrected chi connectivity index (χ1v) is 4.48. The van der Waals surface area contributed by atoms with Crippen molar-refractivity contribution >= 4 is 0 Å². The average Bonchev–Trinajstić information content (AvgIpc) is 2.43. The van der Waals surface area contributed by atoms with E-state index in [9.17, 15) is 0 Å². The lowest BCUT2D eigenvalue weighted by Crippen LogP contribution is -2.15. The van der Waals surface area contributed by atoms with Crippen LogP contribution in [-0.2, 0) is 12.8 Å². The maximum atomic E-state index is 8.98. The highest BCUT2D eigenvalue weighted by Crippen LogP contribution is 2.27. The van der Waals surface area contributed by atoms with Crippen molar-refractivity contribution in [3.8, 4) is 0 Å². The Morgan fingerprint density at radius 1 is 1.67 bits per heavy atom. The van der Waals surface area contributed by atoms with Crippen LogP contribution in [0.15, 0.2) is 10.5 Å². The Morgan fingerprint density at radius 3 is 3.25 bits per heavy atom. The standard InChI is InChI=1S/C10H14O2/c1-7-4-9-3-2-8(6-11)5-10(9)12-7/h4,8,11H,2-3,5-6H2,1H3. The molecule has 0 saturated carbocycles. The van der Waals surface area contributed by atoms with Gasteiger partial charge >= 0.3 is 0 Å². The molecule has 1 aromatic rings. The lowest BCUT2D eigenvalue weighted by molar-refractivity contribution is 0.205. The van der Waals surface area contributed by atoms with E-state index in [1.54, 1.807) is 0 Å². The van der Waals surface area contributed by atoms with Gasteiger partial charge in [0.05, 0.1) is 0 Å². The lowest BCUT2D eigenvalue weighted by Gasteiger charge is -2.18. The van der Waals surface area contributed by atoms with Crippen molar-refractivity contribution in [3.05, 3.63) is 23.2 Å². The SMILES string of the molecule is Cc1cc2c(o1)CC(CO)CC2. The molecule has 0 radical (unpaired) electrons. The van der Waals surface area contributed by atoms with Crippen LogP contribution >= 0.6 is 0 Å². The minimum absolute atomic E-state index is 0.291. The van der Waals surface area contributed by atoms with Gasteiger partial charge in [0.15, 0.2) is 0 Å². The second-order valence-corrected chi connectivity index (χ2v) is 3.60. The number of hydrogen-bond donors (Lipinski definition) is 1. The molecule has 1 aromatic heterocycles. The topological polar surface area (TPSA) is 33.4 Å².